The summed E-state index contributed by atoms with van der Waals surface area (Å²) in [6.45, 7) is 2.73. The van der Waals surface area contributed by atoms with Gasteiger partial charge in [-0.1, -0.05) is 18.2 Å². The smallest absolute Gasteiger partial charge is 0.216 e. The second-order valence-electron chi connectivity index (χ2n) is 6.22. The third kappa shape index (κ3) is 3.73. The minimum atomic E-state index is -3.34. The SMILES string of the molecule is COCCN1[C@@H]2CN(Cc3ccccc3O)C[C@@H]2OCCS1(=O)=O. The van der Waals surface area contributed by atoms with Crippen molar-refractivity contribution in [1.82, 2.24) is 9.21 Å². The number of sulfonamides is 1. The summed E-state index contributed by atoms with van der Waals surface area (Å²) in [5.41, 5.74) is 0.834. The fraction of sp³-hybridized carbons (Fsp3) is 0.625. The first-order chi connectivity index (χ1) is 11.5. The van der Waals surface area contributed by atoms with Crippen LogP contribution in [-0.4, -0.2) is 80.6 Å². The van der Waals surface area contributed by atoms with E-state index in [4.69, 9.17) is 9.47 Å². The molecule has 2 saturated heterocycles. The lowest BCUT2D eigenvalue weighted by Crippen LogP contribution is -2.47. The van der Waals surface area contributed by atoms with Crippen LogP contribution in [0.5, 0.6) is 5.75 Å². The molecule has 2 fully saturated rings. The highest BCUT2D eigenvalue weighted by Gasteiger charge is 2.44. The van der Waals surface area contributed by atoms with Crippen LogP contribution < -0.4 is 0 Å². The molecule has 7 nitrogen and oxygen atoms in total. The third-order valence-corrected chi connectivity index (χ3v) is 6.46. The summed E-state index contributed by atoms with van der Waals surface area (Å²) in [6.07, 6.45) is -0.148. The molecule has 0 spiro atoms. The van der Waals surface area contributed by atoms with Gasteiger partial charge in [-0.05, 0) is 6.07 Å². The zero-order valence-corrected chi connectivity index (χ0v) is 14.6. The first-order valence-electron chi connectivity index (χ1n) is 8.10. The molecule has 3 rings (SSSR count). The number of aromatic hydroxyl groups is 1. The Balaban J connectivity index is 1.75. The Morgan fingerprint density at radius 2 is 2.12 bits per heavy atom. The molecule has 0 aromatic heterocycles. The first-order valence-corrected chi connectivity index (χ1v) is 9.71. The summed E-state index contributed by atoms with van der Waals surface area (Å²) < 4.78 is 37.4. The van der Waals surface area contributed by atoms with Gasteiger partial charge in [-0.25, -0.2) is 8.42 Å². The first kappa shape index (κ1) is 17.6. The molecular weight excluding hydrogens is 332 g/mol. The molecule has 2 atom stereocenters. The summed E-state index contributed by atoms with van der Waals surface area (Å²) >= 11 is 0. The Morgan fingerprint density at radius 1 is 1.33 bits per heavy atom. The quantitative estimate of drug-likeness (QED) is 0.815. The molecule has 0 radical (unpaired) electrons. The number of nitrogens with zero attached hydrogens (tertiary/aromatic N) is 2. The number of phenolic OH excluding ortho intramolecular Hbond substituents is 1. The van der Waals surface area contributed by atoms with Gasteiger partial charge in [-0.2, -0.15) is 4.31 Å². The van der Waals surface area contributed by atoms with Crippen molar-refractivity contribution in [2.75, 3.05) is 45.7 Å². The fourth-order valence-corrected chi connectivity index (χ4v) is 4.91. The predicted octanol–water partition coefficient (Wildman–Crippen LogP) is 0.253. The van der Waals surface area contributed by atoms with Crippen molar-refractivity contribution in [3.05, 3.63) is 29.8 Å². The number of methoxy groups -OCH3 is 1. The molecule has 2 heterocycles. The zero-order valence-electron chi connectivity index (χ0n) is 13.8. The molecule has 24 heavy (non-hydrogen) atoms. The average molecular weight is 356 g/mol. The van der Waals surface area contributed by atoms with E-state index in [-0.39, 0.29) is 30.3 Å². The summed E-state index contributed by atoms with van der Waals surface area (Å²) in [7, 11) is -1.77. The van der Waals surface area contributed by atoms with Gasteiger partial charge < -0.3 is 14.6 Å². The topological polar surface area (TPSA) is 79.3 Å². The summed E-state index contributed by atoms with van der Waals surface area (Å²) in [5.74, 6) is 0.276. The highest BCUT2D eigenvalue weighted by atomic mass is 32.2. The van der Waals surface area contributed by atoms with Crippen molar-refractivity contribution >= 4 is 10.0 Å². The number of para-hydroxylation sites is 1. The molecule has 0 amide bonds. The second kappa shape index (κ2) is 7.37. The number of likely N-dealkylation sites (tertiary alicyclic amines) is 1. The lowest BCUT2D eigenvalue weighted by Gasteiger charge is -2.28. The summed E-state index contributed by atoms with van der Waals surface area (Å²) in [5, 5.41) is 9.94. The van der Waals surface area contributed by atoms with Gasteiger partial charge in [0, 0.05) is 38.9 Å². The molecule has 2 aliphatic heterocycles. The molecule has 0 saturated carbocycles. The van der Waals surface area contributed by atoms with Crippen molar-refractivity contribution in [1.29, 1.82) is 0 Å². The molecule has 0 bridgehead atoms. The maximum atomic E-state index is 12.5. The van der Waals surface area contributed by atoms with Gasteiger partial charge in [0.1, 0.15) is 5.75 Å². The Bertz CT molecular complexity index is 666. The monoisotopic (exact) mass is 356 g/mol. The van der Waals surface area contributed by atoms with Gasteiger partial charge in [-0.15, -0.1) is 0 Å². The van der Waals surface area contributed by atoms with Crippen molar-refractivity contribution in [2.24, 2.45) is 0 Å². The van der Waals surface area contributed by atoms with E-state index in [1.807, 2.05) is 12.1 Å². The highest BCUT2D eigenvalue weighted by Crippen LogP contribution is 2.27. The van der Waals surface area contributed by atoms with Crippen molar-refractivity contribution in [3.63, 3.8) is 0 Å². The standard InChI is InChI=1S/C16H24N2O5S/c1-22-7-6-18-14-11-17(10-13-4-2-3-5-15(13)19)12-16(14)23-8-9-24(18,20)21/h2-5,14,16,19H,6-12H2,1H3/t14-,16+/m1/s1. The summed E-state index contributed by atoms with van der Waals surface area (Å²) in [4.78, 5) is 2.13. The minimum absolute atomic E-state index is 0.0171. The van der Waals surface area contributed by atoms with Gasteiger partial charge in [-0.3, -0.25) is 4.90 Å². The fourth-order valence-electron chi connectivity index (χ4n) is 3.40. The van der Waals surface area contributed by atoms with Crippen LogP contribution in [0.1, 0.15) is 5.56 Å². The van der Waals surface area contributed by atoms with E-state index in [1.54, 1.807) is 23.5 Å². The average Bonchev–Trinajstić information content (AvgIpc) is 2.87. The Labute approximate surface area is 142 Å². The summed E-state index contributed by atoms with van der Waals surface area (Å²) in [6, 6.07) is 7.00. The Hall–Kier alpha value is -1.19. The van der Waals surface area contributed by atoms with Crippen molar-refractivity contribution < 1.29 is 23.0 Å². The second-order valence-corrected chi connectivity index (χ2v) is 8.26. The number of rotatable bonds is 5. The molecular formula is C16H24N2O5S. The predicted molar refractivity (Wildman–Crippen MR) is 89.3 cm³/mol. The molecule has 1 N–H and O–H groups in total. The molecule has 0 aliphatic carbocycles. The molecule has 8 heteroatoms. The normalized spacial score (nSPS) is 27.7. The van der Waals surface area contributed by atoms with E-state index in [2.05, 4.69) is 4.90 Å². The van der Waals surface area contributed by atoms with Crippen molar-refractivity contribution in [3.8, 4) is 5.75 Å². The van der Waals surface area contributed by atoms with E-state index in [0.29, 0.717) is 32.8 Å². The van der Waals surface area contributed by atoms with Crippen LogP contribution in [0.3, 0.4) is 0 Å². The molecule has 1 aromatic carbocycles. The van der Waals surface area contributed by atoms with Crippen LogP contribution in [0.4, 0.5) is 0 Å². The zero-order chi connectivity index (χ0) is 17.2. The number of phenols is 1. The van der Waals surface area contributed by atoms with Gasteiger partial charge in [0.25, 0.3) is 0 Å². The number of fused-ring (bicyclic) bond motifs is 1. The number of ether oxygens (including phenoxy) is 2. The number of hydrogen-bond donors (Lipinski definition) is 1. The maximum absolute atomic E-state index is 12.5. The molecule has 1 aromatic rings. The van der Waals surface area contributed by atoms with Crippen LogP contribution >= 0.6 is 0 Å². The van der Waals surface area contributed by atoms with Crippen LogP contribution in [0.15, 0.2) is 24.3 Å². The van der Waals surface area contributed by atoms with Crippen LogP contribution in [0.25, 0.3) is 0 Å². The van der Waals surface area contributed by atoms with E-state index < -0.39 is 10.0 Å². The highest BCUT2D eigenvalue weighted by molar-refractivity contribution is 7.89. The lowest BCUT2D eigenvalue weighted by molar-refractivity contribution is 0.0430. The molecule has 0 unspecified atom stereocenters. The van der Waals surface area contributed by atoms with Gasteiger partial charge in [0.05, 0.1) is 31.1 Å². The largest absolute Gasteiger partial charge is 0.508 e. The number of benzene rings is 1. The van der Waals surface area contributed by atoms with E-state index in [0.717, 1.165) is 5.56 Å². The van der Waals surface area contributed by atoms with Crippen LogP contribution in [0.2, 0.25) is 0 Å². The van der Waals surface area contributed by atoms with E-state index in [1.165, 1.54) is 0 Å². The van der Waals surface area contributed by atoms with E-state index in [9.17, 15) is 13.5 Å². The van der Waals surface area contributed by atoms with Gasteiger partial charge in [0.15, 0.2) is 0 Å². The van der Waals surface area contributed by atoms with Gasteiger partial charge in [0.2, 0.25) is 10.0 Å². The molecule has 134 valence electrons. The lowest BCUT2D eigenvalue weighted by atomic mass is 10.2. The van der Waals surface area contributed by atoms with Crippen LogP contribution in [-0.2, 0) is 26.0 Å². The Morgan fingerprint density at radius 3 is 2.88 bits per heavy atom. The number of hydrogen-bond acceptors (Lipinski definition) is 6. The Kier molecular flexibility index (Phi) is 5.41. The van der Waals surface area contributed by atoms with E-state index >= 15 is 0 Å². The van der Waals surface area contributed by atoms with Gasteiger partial charge >= 0.3 is 0 Å². The third-order valence-electron chi connectivity index (χ3n) is 4.61. The molecule has 2 aliphatic rings. The van der Waals surface area contributed by atoms with Crippen molar-refractivity contribution in [2.45, 2.75) is 18.7 Å². The maximum Gasteiger partial charge on any atom is 0.216 e. The van der Waals surface area contributed by atoms with Crippen LogP contribution in [0, 0.1) is 0 Å². The minimum Gasteiger partial charge on any atom is -0.508 e.